The molecule has 2 N–H and O–H groups in total. The molecule has 1 atom stereocenters. The van der Waals surface area contributed by atoms with Crippen LogP contribution in [0.5, 0.6) is 0 Å². The van der Waals surface area contributed by atoms with E-state index in [0.29, 0.717) is 5.56 Å². The third-order valence-electron chi connectivity index (χ3n) is 3.05. The number of amides is 1. The van der Waals surface area contributed by atoms with Crippen LogP contribution in [0.1, 0.15) is 16.1 Å². The molecule has 2 rings (SSSR count). The third kappa shape index (κ3) is 3.70. The molecule has 0 aliphatic carbocycles. The van der Waals surface area contributed by atoms with Gasteiger partial charge >= 0.3 is 5.97 Å². The number of aromatic nitrogens is 2. The lowest BCUT2D eigenvalue weighted by atomic mass is 10.2. The number of nitrogens with one attached hydrogen (secondary N) is 1. The number of carboxylic acids is 1. The number of carbonyl (C=O) groups excluding carboxylic acids is 1. The van der Waals surface area contributed by atoms with Gasteiger partial charge in [-0.1, -0.05) is 0 Å². The molecule has 7 nitrogen and oxygen atoms in total. The van der Waals surface area contributed by atoms with Gasteiger partial charge in [-0.2, -0.15) is 5.10 Å². The predicted octanol–water partition coefficient (Wildman–Crippen LogP) is 1.01. The van der Waals surface area contributed by atoms with Gasteiger partial charge in [-0.05, 0) is 37.3 Å². The van der Waals surface area contributed by atoms with E-state index in [9.17, 15) is 9.59 Å². The molecule has 0 spiro atoms. The second-order valence-corrected chi connectivity index (χ2v) is 4.77. The van der Waals surface area contributed by atoms with E-state index in [1.165, 1.54) is 7.11 Å². The first kappa shape index (κ1) is 15.7. The number of aliphatic carboxylic acids is 1. The number of rotatable bonds is 6. The summed E-state index contributed by atoms with van der Waals surface area (Å²) in [5, 5.41) is 15.7. The van der Waals surface area contributed by atoms with Gasteiger partial charge in [-0.25, -0.2) is 9.48 Å². The summed E-state index contributed by atoms with van der Waals surface area (Å²) in [6.07, 6.45) is 1.82. The molecule has 1 unspecified atom stereocenters. The van der Waals surface area contributed by atoms with Gasteiger partial charge < -0.3 is 15.2 Å². The summed E-state index contributed by atoms with van der Waals surface area (Å²) in [5.41, 5.74) is 2.08. The van der Waals surface area contributed by atoms with Crippen molar-refractivity contribution in [3.63, 3.8) is 0 Å². The molecule has 22 heavy (non-hydrogen) atoms. The molecule has 0 aliphatic heterocycles. The molecule has 0 saturated heterocycles. The van der Waals surface area contributed by atoms with Crippen LogP contribution in [0.25, 0.3) is 5.69 Å². The average molecular weight is 303 g/mol. The molecule has 0 saturated carbocycles. The number of nitrogens with zero attached hydrogens (tertiary/aromatic N) is 2. The quantitative estimate of drug-likeness (QED) is 0.830. The summed E-state index contributed by atoms with van der Waals surface area (Å²) in [6.45, 7) is 1.80. The fourth-order valence-electron chi connectivity index (χ4n) is 1.91. The molecule has 1 aromatic heterocycles. The Hall–Kier alpha value is -2.67. The van der Waals surface area contributed by atoms with Crippen molar-refractivity contribution in [3.8, 4) is 5.69 Å². The first-order valence-corrected chi connectivity index (χ1v) is 6.66. The molecular weight excluding hydrogens is 286 g/mol. The Kier molecular flexibility index (Phi) is 4.90. The summed E-state index contributed by atoms with van der Waals surface area (Å²) in [6, 6.07) is 7.52. The number of carboxylic acid groups (broad SMARTS) is 1. The van der Waals surface area contributed by atoms with Crippen molar-refractivity contribution in [2.45, 2.75) is 13.0 Å². The molecule has 116 valence electrons. The van der Waals surface area contributed by atoms with Crippen LogP contribution < -0.4 is 5.32 Å². The normalized spacial score (nSPS) is 11.9. The average Bonchev–Trinajstić information content (AvgIpc) is 2.93. The van der Waals surface area contributed by atoms with Crippen LogP contribution in [-0.2, 0) is 9.53 Å². The standard InChI is InChI=1S/C15H17N3O4/c1-10-7-8-18(17-10)12-5-3-11(4-6-12)14(19)16-13(9-22-2)15(20)21/h3-8,13H,9H2,1-2H3,(H,16,19)(H,20,21). The lowest BCUT2D eigenvalue weighted by Gasteiger charge is -2.13. The van der Waals surface area contributed by atoms with Gasteiger partial charge in [0.1, 0.15) is 0 Å². The molecule has 7 heteroatoms. The second-order valence-electron chi connectivity index (χ2n) is 4.77. The van der Waals surface area contributed by atoms with Crippen LogP contribution in [0.4, 0.5) is 0 Å². The first-order chi connectivity index (χ1) is 10.5. The van der Waals surface area contributed by atoms with E-state index >= 15 is 0 Å². The fourth-order valence-corrected chi connectivity index (χ4v) is 1.91. The smallest absolute Gasteiger partial charge is 0.328 e. The highest BCUT2D eigenvalue weighted by molar-refractivity contribution is 5.96. The zero-order chi connectivity index (χ0) is 16.1. The highest BCUT2D eigenvalue weighted by Gasteiger charge is 2.20. The van der Waals surface area contributed by atoms with Crippen LogP contribution >= 0.6 is 0 Å². The summed E-state index contributed by atoms with van der Waals surface area (Å²) in [7, 11) is 1.38. The van der Waals surface area contributed by atoms with Crippen LogP contribution in [0.2, 0.25) is 0 Å². The topological polar surface area (TPSA) is 93.5 Å². The van der Waals surface area contributed by atoms with Gasteiger partial charge in [0.25, 0.3) is 5.91 Å². The Morgan fingerprint density at radius 1 is 1.32 bits per heavy atom. The van der Waals surface area contributed by atoms with Gasteiger partial charge in [0, 0.05) is 18.9 Å². The van der Waals surface area contributed by atoms with Crippen molar-refractivity contribution in [2.75, 3.05) is 13.7 Å². The van der Waals surface area contributed by atoms with Crippen molar-refractivity contribution in [3.05, 3.63) is 47.8 Å². The summed E-state index contributed by atoms with van der Waals surface area (Å²) in [5.74, 6) is -1.61. The van der Waals surface area contributed by atoms with Crippen molar-refractivity contribution in [1.29, 1.82) is 0 Å². The van der Waals surface area contributed by atoms with Crippen molar-refractivity contribution in [1.82, 2.24) is 15.1 Å². The monoisotopic (exact) mass is 303 g/mol. The van der Waals surface area contributed by atoms with Crippen molar-refractivity contribution >= 4 is 11.9 Å². The summed E-state index contributed by atoms with van der Waals surface area (Å²) in [4.78, 5) is 23.0. The number of hydrogen-bond acceptors (Lipinski definition) is 4. The van der Waals surface area contributed by atoms with E-state index in [0.717, 1.165) is 11.4 Å². The van der Waals surface area contributed by atoms with Crippen LogP contribution in [0.15, 0.2) is 36.5 Å². The molecule has 0 fully saturated rings. The molecule has 1 aromatic carbocycles. The maximum absolute atomic E-state index is 12.0. The molecule has 0 bridgehead atoms. The molecular formula is C15H17N3O4. The lowest BCUT2D eigenvalue weighted by molar-refractivity contribution is -0.140. The first-order valence-electron chi connectivity index (χ1n) is 6.66. The molecule has 1 amide bonds. The van der Waals surface area contributed by atoms with E-state index in [-0.39, 0.29) is 6.61 Å². The molecule has 2 aromatic rings. The van der Waals surface area contributed by atoms with Crippen LogP contribution in [0.3, 0.4) is 0 Å². The van der Waals surface area contributed by atoms with E-state index in [2.05, 4.69) is 10.4 Å². The highest BCUT2D eigenvalue weighted by atomic mass is 16.5. The van der Waals surface area contributed by atoms with Crippen molar-refractivity contribution in [2.24, 2.45) is 0 Å². The van der Waals surface area contributed by atoms with E-state index in [1.807, 2.05) is 19.2 Å². The Bertz CT molecular complexity index is 664. The van der Waals surface area contributed by atoms with E-state index in [4.69, 9.17) is 9.84 Å². The third-order valence-corrected chi connectivity index (χ3v) is 3.05. The Morgan fingerprint density at radius 2 is 2.00 bits per heavy atom. The zero-order valence-electron chi connectivity index (χ0n) is 12.3. The van der Waals surface area contributed by atoms with Gasteiger partial charge in [-0.3, -0.25) is 4.79 Å². The largest absolute Gasteiger partial charge is 0.480 e. The minimum atomic E-state index is -1.14. The predicted molar refractivity (Wildman–Crippen MR) is 79.1 cm³/mol. The second kappa shape index (κ2) is 6.86. The van der Waals surface area contributed by atoms with Crippen LogP contribution in [-0.4, -0.2) is 46.5 Å². The maximum atomic E-state index is 12.0. The number of hydrogen-bond donors (Lipinski definition) is 2. The Labute approximate surface area is 127 Å². The highest BCUT2D eigenvalue weighted by Crippen LogP contribution is 2.10. The summed E-state index contributed by atoms with van der Waals surface area (Å²) >= 11 is 0. The molecule has 0 radical (unpaired) electrons. The Morgan fingerprint density at radius 3 is 2.50 bits per heavy atom. The van der Waals surface area contributed by atoms with Crippen LogP contribution in [0, 0.1) is 6.92 Å². The number of carbonyl (C=O) groups is 2. The molecule has 0 aliphatic rings. The van der Waals surface area contributed by atoms with Gasteiger partial charge in [-0.15, -0.1) is 0 Å². The lowest BCUT2D eigenvalue weighted by Crippen LogP contribution is -2.43. The SMILES string of the molecule is COCC(NC(=O)c1ccc(-n2ccc(C)n2)cc1)C(=O)O. The fraction of sp³-hybridized carbons (Fsp3) is 0.267. The zero-order valence-corrected chi connectivity index (χ0v) is 12.3. The number of methoxy groups -OCH3 is 1. The minimum Gasteiger partial charge on any atom is -0.480 e. The molecule has 1 heterocycles. The van der Waals surface area contributed by atoms with Gasteiger partial charge in [0.15, 0.2) is 6.04 Å². The number of benzene rings is 1. The number of ether oxygens (including phenoxy) is 1. The maximum Gasteiger partial charge on any atom is 0.328 e. The van der Waals surface area contributed by atoms with Crippen molar-refractivity contribution < 1.29 is 19.4 Å². The minimum absolute atomic E-state index is 0.0915. The Balaban J connectivity index is 2.09. The van der Waals surface area contributed by atoms with Gasteiger partial charge in [0.05, 0.1) is 18.0 Å². The van der Waals surface area contributed by atoms with E-state index in [1.54, 1.807) is 28.9 Å². The van der Waals surface area contributed by atoms with E-state index < -0.39 is 17.9 Å². The van der Waals surface area contributed by atoms with Gasteiger partial charge in [0.2, 0.25) is 0 Å². The number of aryl methyl sites for hydroxylation is 1. The summed E-state index contributed by atoms with van der Waals surface area (Å²) < 4.78 is 6.47.